The van der Waals surface area contributed by atoms with Crippen molar-refractivity contribution in [3.8, 4) is 0 Å². The molecule has 5 atom stereocenters. The minimum absolute atomic E-state index is 0.103. The molecule has 0 aromatic carbocycles. The number of hydrogen-bond donors (Lipinski definition) is 3. The molecule has 0 saturated carbocycles. The predicted molar refractivity (Wildman–Crippen MR) is 382 cm³/mol. The molecule has 0 aliphatic carbocycles. The maximum absolute atomic E-state index is 13.1. The molecule has 17 nitrogen and oxygen atoms in total. The summed E-state index contributed by atoms with van der Waals surface area (Å²) in [5.41, 5.74) is 0. The van der Waals surface area contributed by atoms with Crippen molar-refractivity contribution >= 4 is 39.5 Å². The van der Waals surface area contributed by atoms with Crippen LogP contribution in [0.2, 0.25) is 0 Å². The molecule has 0 aliphatic heterocycles. The van der Waals surface area contributed by atoms with E-state index in [-0.39, 0.29) is 25.7 Å². The summed E-state index contributed by atoms with van der Waals surface area (Å²) >= 11 is 0. The molecule has 0 aromatic rings. The summed E-state index contributed by atoms with van der Waals surface area (Å²) in [7, 11) is -9.90. The fraction of sp³-hybridized carbons (Fsp3) is 0.947. The molecule has 0 rings (SSSR count). The summed E-state index contributed by atoms with van der Waals surface area (Å²) in [6, 6.07) is 0. The highest BCUT2D eigenvalue weighted by Gasteiger charge is 2.30. The van der Waals surface area contributed by atoms with Gasteiger partial charge in [-0.1, -0.05) is 343 Å². The Morgan fingerprint density at radius 1 is 0.287 bits per heavy atom. The van der Waals surface area contributed by atoms with E-state index in [0.717, 1.165) is 89.9 Å². The van der Waals surface area contributed by atoms with Crippen LogP contribution < -0.4 is 0 Å². The van der Waals surface area contributed by atoms with Crippen molar-refractivity contribution < 1.29 is 80.2 Å². The Kier molecular flexibility index (Phi) is 66.8. The summed E-state index contributed by atoms with van der Waals surface area (Å²) in [5, 5.41) is 10.6. The fourth-order valence-electron chi connectivity index (χ4n) is 11.5. The number of rotatable bonds is 75. The highest BCUT2D eigenvalue weighted by molar-refractivity contribution is 7.47. The van der Waals surface area contributed by atoms with Crippen molar-refractivity contribution in [2.24, 2.45) is 5.92 Å². The Labute approximate surface area is 575 Å². The van der Waals surface area contributed by atoms with E-state index in [1.165, 1.54) is 218 Å². The molecular formula is C75H146O17P2. The van der Waals surface area contributed by atoms with Gasteiger partial charge in [-0.05, 0) is 31.6 Å². The van der Waals surface area contributed by atoms with E-state index in [0.29, 0.717) is 31.6 Å². The third-order valence-electron chi connectivity index (χ3n) is 17.5. The van der Waals surface area contributed by atoms with E-state index in [1.807, 2.05) is 0 Å². The van der Waals surface area contributed by atoms with E-state index in [4.69, 9.17) is 37.0 Å². The lowest BCUT2D eigenvalue weighted by Crippen LogP contribution is -2.30. The van der Waals surface area contributed by atoms with Crippen molar-refractivity contribution in [1.82, 2.24) is 0 Å². The van der Waals surface area contributed by atoms with E-state index in [2.05, 4.69) is 34.6 Å². The molecule has 558 valence electrons. The number of aliphatic hydroxyl groups excluding tert-OH is 1. The van der Waals surface area contributed by atoms with Crippen LogP contribution in [-0.4, -0.2) is 96.7 Å². The van der Waals surface area contributed by atoms with Gasteiger partial charge in [0.15, 0.2) is 12.2 Å². The molecular weight excluding hydrogens is 1230 g/mol. The second-order valence-corrected chi connectivity index (χ2v) is 30.4. The van der Waals surface area contributed by atoms with Gasteiger partial charge in [-0.25, -0.2) is 9.13 Å². The number of carbonyl (C=O) groups excluding carboxylic acids is 4. The Bertz CT molecular complexity index is 1810. The van der Waals surface area contributed by atoms with Crippen LogP contribution >= 0.6 is 15.6 Å². The van der Waals surface area contributed by atoms with Gasteiger partial charge in [0.05, 0.1) is 26.4 Å². The van der Waals surface area contributed by atoms with Crippen LogP contribution in [0, 0.1) is 5.92 Å². The summed E-state index contributed by atoms with van der Waals surface area (Å²) in [5.74, 6) is -1.45. The molecule has 3 N–H and O–H groups in total. The first-order valence-electron chi connectivity index (χ1n) is 39.1. The Morgan fingerprint density at radius 3 is 0.723 bits per heavy atom. The van der Waals surface area contributed by atoms with E-state index in [9.17, 15) is 43.2 Å². The first kappa shape index (κ1) is 92.1. The molecule has 0 spiro atoms. The van der Waals surface area contributed by atoms with Crippen LogP contribution in [0.5, 0.6) is 0 Å². The number of phosphoric acid groups is 2. The van der Waals surface area contributed by atoms with Gasteiger partial charge in [-0.3, -0.25) is 37.3 Å². The standard InChI is InChI=1S/C75H146O17P2/c1-6-9-12-15-18-21-23-25-27-29-30-32-34-36-38-41-44-50-55-60-74(79)91-70(64-86-73(78)59-54-49-43-40-37-35-33-31-28-26-24-22-19-16-13-10-7-2)66-89-93(81,82)87-62-69(76)63-88-94(83,84)90-67-71(92-75(80)61-56-51-46-45-47-52-57-68(4)5)65-85-72(77)58-53-48-42-39-20-17-14-11-8-3/h68-71,76H,6-67H2,1-5H3,(H,81,82)(H,83,84)/t69-,70-,71-/m1/s1. The molecule has 0 amide bonds. The van der Waals surface area contributed by atoms with Crippen molar-refractivity contribution in [1.29, 1.82) is 0 Å². The zero-order chi connectivity index (χ0) is 69.1. The van der Waals surface area contributed by atoms with Crippen molar-refractivity contribution in [3.63, 3.8) is 0 Å². The molecule has 0 aliphatic rings. The zero-order valence-corrected chi connectivity index (χ0v) is 62.9. The highest BCUT2D eigenvalue weighted by Crippen LogP contribution is 2.45. The molecule has 19 heteroatoms. The maximum Gasteiger partial charge on any atom is 0.472 e. The van der Waals surface area contributed by atoms with Gasteiger partial charge in [0.25, 0.3) is 0 Å². The van der Waals surface area contributed by atoms with E-state index in [1.54, 1.807) is 0 Å². The number of esters is 4. The number of unbranched alkanes of at least 4 members (excludes halogenated alkanes) is 47. The average Bonchev–Trinajstić information content (AvgIpc) is 1.50. The van der Waals surface area contributed by atoms with Crippen LogP contribution in [0.1, 0.15) is 394 Å². The Morgan fingerprint density at radius 2 is 0.489 bits per heavy atom. The van der Waals surface area contributed by atoms with Crippen LogP contribution in [0.25, 0.3) is 0 Å². The van der Waals surface area contributed by atoms with E-state index < -0.39 is 97.5 Å². The maximum atomic E-state index is 13.1. The van der Waals surface area contributed by atoms with Gasteiger partial charge in [0.1, 0.15) is 19.3 Å². The first-order valence-corrected chi connectivity index (χ1v) is 42.1. The van der Waals surface area contributed by atoms with E-state index >= 15 is 0 Å². The lowest BCUT2D eigenvalue weighted by Gasteiger charge is -2.21. The number of hydrogen-bond acceptors (Lipinski definition) is 15. The number of aliphatic hydroxyl groups is 1. The van der Waals surface area contributed by atoms with Gasteiger partial charge in [-0.15, -0.1) is 0 Å². The van der Waals surface area contributed by atoms with Gasteiger partial charge < -0.3 is 33.8 Å². The minimum Gasteiger partial charge on any atom is -0.462 e. The SMILES string of the molecule is CCCCCCCCCCCCCCCCCCCCCC(=O)O[C@H](COC(=O)CCCCCCCCCCCCCCCCCCC)COP(=O)(O)OC[C@@H](O)COP(=O)(O)OC[C@@H](COC(=O)CCCCCCCCCCC)OC(=O)CCCCCCCCC(C)C. The molecule has 0 heterocycles. The average molecular weight is 1380 g/mol. The second kappa shape index (κ2) is 68.2. The summed E-state index contributed by atoms with van der Waals surface area (Å²) in [6.07, 6.45) is 57.2. The van der Waals surface area contributed by atoms with Crippen LogP contribution in [0.15, 0.2) is 0 Å². The number of phosphoric ester groups is 2. The van der Waals surface area contributed by atoms with Crippen LogP contribution in [-0.2, 0) is 65.4 Å². The summed E-state index contributed by atoms with van der Waals surface area (Å²) in [4.78, 5) is 72.6. The number of ether oxygens (including phenoxy) is 4. The third kappa shape index (κ3) is 68.6. The molecule has 0 aromatic heterocycles. The summed E-state index contributed by atoms with van der Waals surface area (Å²) in [6.45, 7) is 7.17. The molecule has 2 unspecified atom stereocenters. The largest absolute Gasteiger partial charge is 0.472 e. The van der Waals surface area contributed by atoms with Gasteiger partial charge >= 0.3 is 39.5 Å². The Hall–Kier alpha value is -1.94. The number of carbonyl (C=O) groups is 4. The first-order chi connectivity index (χ1) is 45.5. The van der Waals surface area contributed by atoms with Crippen LogP contribution in [0.3, 0.4) is 0 Å². The lowest BCUT2D eigenvalue weighted by molar-refractivity contribution is -0.161. The van der Waals surface area contributed by atoms with Gasteiger partial charge in [-0.2, -0.15) is 0 Å². The second-order valence-electron chi connectivity index (χ2n) is 27.5. The van der Waals surface area contributed by atoms with Gasteiger partial charge in [0, 0.05) is 25.7 Å². The van der Waals surface area contributed by atoms with Gasteiger partial charge in [0.2, 0.25) is 0 Å². The molecule has 0 bridgehead atoms. The smallest absolute Gasteiger partial charge is 0.462 e. The van der Waals surface area contributed by atoms with Crippen molar-refractivity contribution in [2.75, 3.05) is 39.6 Å². The predicted octanol–water partition coefficient (Wildman–Crippen LogP) is 22.1. The highest BCUT2D eigenvalue weighted by atomic mass is 31.2. The van der Waals surface area contributed by atoms with Crippen molar-refractivity contribution in [3.05, 3.63) is 0 Å². The lowest BCUT2D eigenvalue weighted by atomic mass is 10.0. The Balaban J connectivity index is 5.18. The quantitative estimate of drug-likeness (QED) is 0.0222. The normalized spacial score (nSPS) is 14.0. The molecule has 0 saturated heterocycles. The van der Waals surface area contributed by atoms with Crippen molar-refractivity contribution in [2.45, 2.75) is 412 Å². The fourth-order valence-corrected chi connectivity index (χ4v) is 13.1. The molecule has 0 radical (unpaired) electrons. The monoisotopic (exact) mass is 1380 g/mol. The summed E-state index contributed by atoms with van der Waals surface area (Å²) < 4.78 is 68.4. The topological polar surface area (TPSA) is 237 Å². The molecule has 94 heavy (non-hydrogen) atoms. The molecule has 0 fully saturated rings. The third-order valence-corrected chi connectivity index (χ3v) is 19.4. The zero-order valence-electron chi connectivity index (χ0n) is 61.1. The minimum atomic E-state index is -4.96. The van der Waals surface area contributed by atoms with Crippen LogP contribution in [0.4, 0.5) is 0 Å².